The number of hydrogen-bond donors (Lipinski definition) is 2. The van der Waals surface area contributed by atoms with Gasteiger partial charge in [-0.25, -0.2) is 0 Å². The molecule has 1 unspecified atom stereocenters. The molecule has 1 saturated heterocycles. The van der Waals surface area contributed by atoms with E-state index in [4.69, 9.17) is 10.2 Å². The maximum atomic E-state index is 8.95. The predicted octanol–water partition coefficient (Wildman–Crippen LogP) is 1.77. The Kier molecular flexibility index (Phi) is 6.07. The smallest absolute Gasteiger partial charge is 0.104 e. The lowest BCUT2D eigenvalue weighted by Crippen LogP contribution is -2.29. The van der Waals surface area contributed by atoms with Crippen molar-refractivity contribution in [3.63, 3.8) is 0 Å². The van der Waals surface area contributed by atoms with Crippen LogP contribution in [-0.4, -0.2) is 40.9 Å². The Bertz CT molecular complexity index is 458. The molecule has 3 nitrogen and oxygen atoms in total. The molecule has 3 heteroatoms. The van der Waals surface area contributed by atoms with Gasteiger partial charge in [0.05, 0.1) is 0 Å². The number of nitrogens with zero attached hydrogens (tertiary/aromatic N) is 1. The predicted molar refractivity (Wildman–Crippen MR) is 80.2 cm³/mol. The minimum absolute atomic E-state index is 0.0952. The molecule has 1 aromatic carbocycles. The second-order valence-corrected chi connectivity index (χ2v) is 5.29. The van der Waals surface area contributed by atoms with Gasteiger partial charge in [0.2, 0.25) is 0 Å². The van der Waals surface area contributed by atoms with E-state index in [0.717, 1.165) is 31.5 Å². The zero-order chi connectivity index (χ0) is 14.2. The molecule has 108 valence electrons. The van der Waals surface area contributed by atoms with E-state index in [1.165, 1.54) is 18.4 Å². The van der Waals surface area contributed by atoms with Crippen LogP contribution in [0.1, 0.15) is 36.8 Å². The minimum Gasteiger partial charge on any atom is -0.396 e. The summed E-state index contributed by atoms with van der Waals surface area (Å²) >= 11 is 0. The van der Waals surface area contributed by atoms with Crippen LogP contribution >= 0.6 is 0 Å². The Morgan fingerprint density at radius 1 is 1.20 bits per heavy atom. The highest BCUT2D eigenvalue weighted by molar-refractivity contribution is 5.36. The van der Waals surface area contributed by atoms with Crippen LogP contribution in [0.15, 0.2) is 24.3 Å². The molecule has 2 N–H and O–H groups in total. The van der Waals surface area contributed by atoms with E-state index >= 15 is 0 Å². The standard InChI is InChI=1S/C17H23NO2/c19-12-2-4-15-7-9-16(10-8-15)14-18-11-1-5-17(18)6-3-13-20/h7-10,17,19-20H,1,3,5-6,11-14H2. The molecule has 2 rings (SSSR count). The molecule has 0 spiro atoms. The van der Waals surface area contributed by atoms with Crippen molar-refractivity contribution in [3.05, 3.63) is 35.4 Å². The van der Waals surface area contributed by atoms with Gasteiger partial charge in [0.25, 0.3) is 0 Å². The molecule has 1 atom stereocenters. The van der Waals surface area contributed by atoms with Crippen LogP contribution in [0.5, 0.6) is 0 Å². The zero-order valence-corrected chi connectivity index (χ0v) is 11.9. The number of aliphatic hydroxyl groups is 2. The van der Waals surface area contributed by atoms with Crippen LogP contribution in [0.25, 0.3) is 0 Å². The summed E-state index contributed by atoms with van der Waals surface area (Å²) in [5, 5.41) is 17.6. The van der Waals surface area contributed by atoms with E-state index in [9.17, 15) is 0 Å². The van der Waals surface area contributed by atoms with E-state index < -0.39 is 0 Å². The van der Waals surface area contributed by atoms with Crippen LogP contribution in [0.4, 0.5) is 0 Å². The van der Waals surface area contributed by atoms with Crippen LogP contribution in [0.2, 0.25) is 0 Å². The topological polar surface area (TPSA) is 43.7 Å². The summed E-state index contributed by atoms with van der Waals surface area (Å²) in [5.41, 5.74) is 2.25. The molecule has 0 bridgehead atoms. The first-order chi connectivity index (χ1) is 9.83. The van der Waals surface area contributed by atoms with Crippen molar-refractivity contribution in [1.29, 1.82) is 0 Å². The maximum Gasteiger partial charge on any atom is 0.104 e. The summed E-state index contributed by atoms with van der Waals surface area (Å²) in [6.07, 6.45) is 4.50. The van der Waals surface area contributed by atoms with Gasteiger partial charge in [-0.2, -0.15) is 0 Å². The Labute approximate surface area is 121 Å². The van der Waals surface area contributed by atoms with Crippen LogP contribution in [0, 0.1) is 11.8 Å². The van der Waals surface area contributed by atoms with Crippen molar-refractivity contribution in [1.82, 2.24) is 4.90 Å². The summed E-state index contributed by atoms with van der Waals surface area (Å²) < 4.78 is 0. The number of rotatable bonds is 5. The summed E-state index contributed by atoms with van der Waals surface area (Å²) in [6, 6.07) is 8.87. The fourth-order valence-electron chi connectivity index (χ4n) is 2.83. The van der Waals surface area contributed by atoms with Crippen LogP contribution in [-0.2, 0) is 6.54 Å². The molecule has 20 heavy (non-hydrogen) atoms. The molecule has 1 heterocycles. The summed E-state index contributed by atoms with van der Waals surface area (Å²) in [5.74, 6) is 5.57. The third-order valence-corrected chi connectivity index (χ3v) is 3.85. The van der Waals surface area contributed by atoms with E-state index in [1.54, 1.807) is 0 Å². The molecule has 1 aromatic rings. The largest absolute Gasteiger partial charge is 0.396 e. The highest BCUT2D eigenvalue weighted by Crippen LogP contribution is 2.23. The lowest BCUT2D eigenvalue weighted by Gasteiger charge is -2.24. The van der Waals surface area contributed by atoms with Gasteiger partial charge in [0, 0.05) is 24.8 Å². The van der Waals surface area contributed by atoms with E-state index in [2.05, 4.69) is 28.9 Å². The zero-order valence-electron chi connectivity index (χ0n) is 11.9. The van der Waals surface area contributed by atoms with Crippen molar-refractivity contribution in [2.24, 2.45) is 0 Å². The quantitative estimate of drug-likeness (QED) is 0.804. The van der Waals surface area contributed by atoms with Crippen molar-refractivity contribution in [3.8, 4) is 11.8 Å². The normalized spacial score (nSPS) is 18.8. The minimum atomic E-state index is -0.0952. The molecular weight excluding hydrogens is 250 g/mol. The molecule has 0 radical (unpaired) electrons. The molecule has 0 saturated carbocycles. The van der Waals surface area contributed by atoms with Crippen molar-refractivity contribution in [2.45, 2.75) is 38.3 Å². The number of hydrogen-bond acceptors (Lipinski definition) is 3. The number of likely N-dealkylation sites (tertiary alicyclic amines) is 1. The second kappa shape index (κ2) is 8.06. The van der Waals surface area contributed by atoms with Crippen molar-refractivity contribution in [2.75, 3.05) is 19.8 Å². The van der Waals surface area contributed by atoms with Crippen molar-refractivity contribution >= 4 is 0 Å². The van der Waals surface area contributed by atoms with Gasteiger partial charge in [-0.05, 0) is 49.9 Å². The third-order valence-electron chi connectivity index (χ3n) is 3.85. The molecular formula is C17H23NO2. The molecule has 1 fully saturated rings. The van der Waals surface area contributed by atoms with Gasteiger partial charge < -0.3 is 10.2 Å². The monoisotopic (exact) mass is 273 g/mol. The average Bonchev–Trinajstić information content (AvgIpc) is 2.91. The van der Waals surface area contributed by atoms with Crippen molar-refractivity contribution < 1.29 is 10.2 Å². The Balaban J connectivity index is 1.92. The van der Waals surface area contributed by atoms with Crippen LogP contribution in [0.3, 0.4) is 0 Å². The van der Waals surface area contributed by atoms with Gasteiger partial charge >= 0.3 is 0 Å². The summed E-state index contributed by atoms with van der Waals surface area (Å²) in [7, 11) is 0. The van der Waals surface area contributed by atoms with Gasteiger partial charge in [0.15, 0.2) is 0 Å². The highest BCUT2D eigenvalue weighted by atomic mass is 16.3. The van der Waals surface area contributed by atoms with Gasteiger partial charge in [0.1, 0.15) is 6.61 Å². The van der Waals surface area contributed by atoms with E-state index in [0.29, 0.717) is 12.6 Å². The lowest BCUT2D eigenvalue weighted by molar-refractivity contribution is 0.210. The molecule has 0 aromatic heterocycles. The first-order valence-electron chi connectivity index (χ1n) is 7.37. The Morgan fingerprint density at radius 3 is 2.70 bits per heavy atom. The molecule has 1 aliphatic rings. The van der Waals surface area contributed by atoms with Gasteiger partial charge in [-0.3, -0.25) is 4.90 Å². The molecule has 0 aliphatic carbocycles. The molecule has 0 amide bonds. The van der Waals surface area contributed by atoms with Gasteiger partial charge in [-0.1, -0.05) is 24.0 Å². The molecule has 1 aliphatic heterocycles. The highest BCUT2D eigenvalue weighted by Gasteiger charge is 2.23. The first-order valence-corrected chi connectivity index (χ1v) is 7.37. The fourth-order valence-corrected chi connectivity index (χ4v) is 2.83. The fraction of sp³-hybridized carbons (Fsp3) is 0.529. The summed E-state index contributed by atoms with van der Waals surface area (Å²) in [6.45, 7) is 2.33. The Morgan fingerprint density at radius 2 is 2.00 bits per heavy atom. The third kappa shape index (κ3) is 4.35. The first kappa shape index (κ1) is 15.1. The summed E-state index contributed by atoms with van der Waals surface area (Å²) in [4.78, 5) is 2.52. The van der Waals surface area contributed by atoms with E-state index in [-0.39, 0.29) is 6.61 Å². The number of benzene rings is 1. The lowest BCUT2D eigenvalue weighted by atomic mass is 10.1. The SMILES string of the molecule is OCC#Cc1ccc(CN2CCCC2CCCO)cc1. The van der Waals surface area contributed by atoms with Gasteiger partial charge in [-0.15, -0.1) is 0 Å². The average molecular weight is 273 g/mol. The second-order valence-electron chi connectivity index (χ2n) is 5.29. The number of aliphatic hydroxyl groups excluding tert-OH is 2. The van der Waals surface area contributed by atoms with E-state index in [1.807, 2.05) is 12.1 Å². The Hall–Kier alpha value is -1.34. The maximum absolute atomic E-state index is 8.95. The van der Waals surface area contributed by atoms with Crippen LogP contribution < -0.4 is 0 Å².